The average Bonchev–Trinajstić information content (AvgIpc) is 2.44. The van der Waals surface area contributed by atoms with Crippen molar-refractivity contribution in [3.05, 3.63) is 28.0 Å². The fourth-order valence-corrected chi connectivity index (χ4v) is 3.60. The second-order valence-corrected chi connectivity index (χ2v) is 7.07. The smallest absolute Gasteiger partial charge is 0.321 e. The standard InChI is InChI=1S/C13H14BrFN2O4S/c1-2-3-4-11(13(18)19)17-22(20,21)12-6-9(14)8(7-16)5-10(12)15/h5-6,11,17H,2-4H2,1H3,(H,18,19). The van der Waals surface area contributed by atoms with E-state index < -0.39 is 32.7 Å². The van der Waals surface area contributed by atoms with Crippen LogP contribution in [-0.2, 0) is 14.8 Å². The first kappa shape index (κ1) is 18.5. The predicted molar refractivity (Wildman–Crippen MR) is 80.1 cm³/mol. The maximum atomic E-state index is 13.9. The summed E-state index contributed by atoms with van der Waals surface area (Å²) in [5.41, 5.74) is -0.0581. The van der Waals surface area contributed by atoms with E-state index in [2.05, 4.69) is 15.9 Å². The van der Waals surface area contributed by atoms with Gasteiger partial charge in [-0.3, -0.25) is 4.79 Å². The lowest BCUT2D eigenvalue weighted by Crippen LogP contribution is -2.41. The number of sulfonamides is 1. The highest BCUT2D eigenvalue weighted by atomic mass is 79.9. The Morgan fingerprint density at radius 3 is 2.68 bits per heavy atom. The Labute approximate surface area is 136 Å². The summed E-state index contributed by atoms with van der Waals surface area (Å²) in [6.07, 6.45) is 1.31. The number of nitrogens with zero attached hydrogens (tertiary/aromatic N) is 1. The molecule has 6 nitrogen and oxygen atoms in total. The van der Waals surface area contributed by atoms with Crippen molar-refractivity contribution in [1.29, 1.82) is 5.26 Å². The summed E-state index contributed by atoms with van der Waals surface area (Å²) in [5.74, 6) is -2.45. The highest BCUT2D eigenvalue weighted by Crippen LogP contribution is 2.24. The van der Waals surface area contributed by atoms with Crippen molar-refractivity contribution in [3.63, 3.8) is 0 Å². The fourth-order valence-electron chi connectivity index (χ4n) is 1.71. The maximum Gasteiger partial charge on any atom is 0.321 e. The molecule has 1 unspecified atom stereocenters. The predicted octanol–water partition coefficient (Wildman–Crippen LogP) is 2.38. The number of nitrogens with one attached hydrogen (secondary N) is 1. The van der Waals surface area contributed by atoms with Gasteiger partial charge in [-0.1, -0.05) is 19.8 Å². The lowest BCUT2D eigenvalue weighted by Gasteiger charge is -2.15. The van der Waals surface area contributed by atoms with Gasteiger partial charge in [0.15, 0.2) is 0 Å². The van der Waals surface area contributed by atoms with Crippen LogP contribution in [0.3, 0.4) is 0 Å². The molecule has 0 fully saturated rings. The van der Waals surface area contributed by atoms with E-state index in [-0.39, 0.29) is 16.5 Å². The average molecular weight is 393 g/mol. The second kappa shape index (κ2) is 7.67. The first-order valence-electron chi connectivity index (χ1n) is 6.37. The zero-order chi connectivity index (χ0) is 16.9. The van der Waals surface area contributed by atoms with Crippen LogP contribution in [-0.4, -0.2) is 25.5 Å². The lowest BCUT2D eigenvalue weighted by atomic mass is 10.1. The summed E-state index contributed by atoms with van der Waals surface area (Å²) < 4.78 is 40.3. The molecule has 2 N–H and O–H groups in total. The van der Waals surface area contributed by atoms with Crippen molar-refractivity contribution in [2.24, 2.45) is 0 Å². The van der Waals surface area contributed by atoms with Crippen LogP contribution >= 0.6 is 15.9 Å². The molecule has 0 aromatic heterocycles. The summed E-state index contributed by atoms with van der Waals surface area (Å²) in [5, 5.41) is 17.8. The number of rotatable bonds is 7. The Morgan fingerprint density at radius 2 is 2.18 bits per heavy atom. The molecular weight excluding hydrogens is 379 g/mol. The first-order valence-corrected chi connectivity index (χ1v) is 8.64. The molecule has 0 aliphatic carbocycles. The van der Waals surface area contributed by atoms with Crippen molar-refractivity contribution in [2.45, 2.75) is 37.1 Å². The van der Waals surface area contributed by atoms with Crippen LogP contribution in [0.1, 0.15) is 31.7 Å². The second-order valence-electron chi connectivity index (χ2n) is 4.53. The molecule has 120 valence electrons. The van der Waals surface area contributed by atoms with E-state index in [0.717, 1.165) is 12.1 Å². The molecule has 0 aliphatic heterocycles. The number of benzene rings is 1. The highest BCUT2D eigenvalue weighted by molar-refractivity contribution is 9.10. The lowest BCUT2D eigenvalue weighted by molar-refractivity contribution is -0.139. The van der Waals surface area contributed by atoms with E-state index in [1.54, 1.807) is 6.07 Å². The van der Waals surface area contributed by atoms with Gasteiger partial charge >= 0.3 is 5.97 Å². The molecule has 0 spiro atoms. The number of unbranched alkanes of at least 4 members (excludes halogenated alkanes) is 1. The number of nitriles is 1. The van der Waals surface area contributed by atoms with E-state index in [9.17, 15) is 17.6 Å². The Bertz CT molecular complexity index is 715. The molecule has 0 aliphatic rings. The van der Waals surface area contributed by atoms with Crippen molar-refractivity contribution in [3.8, 4) is 6.07 Å². The maximum absolute atomic E-state index is 13.9. The van der Waals surface area contributed by atoms with Crippen LogP contribution in [0.25, 0.3) is 0 Å². The quantitative estimate of drug-likeness (QED) is 0.740. The van der Waals surface area contributed by atoms with Crippen molar-refractivity contribution in [2.75, 3.05) is 0 Å². The monoisotopic (exact) mass is 392 g/mol. The van der Waals surface area contributed by atoms with E-state index in [4.69, 9.17) is 10.4 Å². The van der Waals surface area contributed by atoms with Crippen LogP contribution in [0, 0.1) is 17.1 Å². The SMILES string of the molecule is CCCCC(NS(=O)(=O)c1cc(Br)c(C#N)cc1F)C(=O)O. The topological polar surface area (TPSA) is 107 Å². The van der Waals surface area contributed by atoms with Gasteiger partial charge in [0.1, 0.15) is 22.8 Å². The molecule has 0 saturated carbocycles. The Kier molecular flexibility index (Phi) is 6.47. The van der Waals surface area contributed by atoms with Crippen LogP contribution in [0.2, 0.25) is 0 Å². The zero-order valence-corrected chi connectivity index (χ0v) is 14.0. The molecule has 0 heterocycles. The summed E-state index contributed by atoms with van der Waals surface area (Å²) >= 11 is 2.97. The Morgan fingerprint density at radius 1 is 1.55 bits per heavy atom. The van der Waals surface area contributed by atoms with Gasteiger partial charge in [0.2, 0.25) is 10.0 Å². The molecule has 1 atom stereocenters. The molecule has 1 aromatic carbocycles. The fraction of sp³-hybridized carbons (Fsp3) is 0.385. The van der Waals surface area contributed by atoms with E-state index in [1.165, 1.54) is 0 Å². The summed E-state index contributed by atoms with van der Waals surface area (Å²) in [6, 6.07) is 2.09. The van der Waals surface area contributed by atoms with E-state index in [1.807, 2.05) is 11.6 Å². The van der Waals surface area contributed by atoms with Crippen LogP contribution in [0.5, 0.6) is 0 Å². The van der Waals surface area contributed by atoms with Gasteiger partial charge in [-0.2, -0.15) is 9.98 Å². The third-order valence-electron chi connectivity index (χ3n) is 2.87. The third-order valence-corrected chi connectivity index (χ3v) is 5.02. The molecule has 0 saturated heterocycles. The van der Waals surface area contributed by atoms with Crippen LogP contribution in [0.15, 0.2) is 21.5 Å². The third kappa shape index (κ3) is 4.50. The zero-order valence-electron chi connectivity index (χ0n) is 11.6. The largest absolute Gasteiger partial charge is 0.480 e. The first-order chi connectivity index (χ1) is 10.2. The van der Waals surface area contributed by atoms with Gasteiger partial charge in [0.25, 0.3) is 0 Å². The molecular formula is C13H14BrFN2O4S. The number of carboxylic acids is 1. The summed E-state index contributed by atoms with van der Waals surface area (Å²) in [6.45, 7) is 1.84. The van der Waals surface area contributed by atoms with Crippen molar-refractivity contribution < 1.29 is 22.7 Å². The molecule has 1 aromatic rings. The minimum atomic E-state index is -4.36. The molecule has 9 heteroatoms. The summed E-state index contributed by atoms with van der Waals surface area (Å²) in [4.78, 5) is 10.4. The van der Waals surface area contributed by atoms with E-state index in [0.29, 0.717) is 12.8 Å². The van der Waals surface area contributed by atoms with Crippen molar-refractivity contribution in [1.82, 2.24) is 4.72 Å². The Hall–Kier alpha value is -1.50. The highest BCUT2D eigenvalue weighted by Gasteiger charge is 2.27. The number of carboxylic acid groups (broad SMARTS) is 1. The summed E-state index contributed by atoms with van der Waals surface area (Å²) in [7, 11) is -4.36. The normalized spacial score (nSPS) is 12.6. The molecule has 22 heavy (non-hydrogen) atoms. The molecule has 1 rings (SSSR count). The number of hydrogen-bond donors (Lipinski definition) is 2. The van der Waals surface area contributed by atoms with Crippen LogP contribution in [0.4, 0.5) is 4.39 Å². The number of halogens is 2. The van der Waals surface area contributed by atoms with Gasteiger partial charge in [0.05, 0.1) is 5.56 Å². The number of aliphatic carboxylic acids is 1. The number of hydrogen-bond acceptors (Lipinski definition) is 4. The van der Waals surface area contributed by atoms with E-state index >= 15 is 0 Å². The Balaban J connectivity index is 3.16. The van der Waals surface area contributed by atoms with Gasteiger partial charge in [-0.25, -0.2) is 12.8 Å². The molecule has 0 bridgehead atoms. The van der Waals surface area contributed by atoms with Gasteiger partial charge in [-0.05, 0) is 34.5 Å². The minimum Gasteiger partial charge on any atom is -0.480 e. The van der Waals surface area contributed by atoms with Crippen molar-refractivity contribution >= 4 is 31.9 Å². The van der Waals surface area contributed by atoms with Gasteiger partial charge < -0.3 is 5.11 Å². The number of carbonyl (C=O) groups is 1. The molecule has 0 amide bonds. The van der Waals surface area contributed by atoms with Crippen LogP contribution < -0.4 is 4.72 Å². The molecule has 0 radical (unpaired) electrons. The van der Waals surface area contributed by atoms with Gasteiger partial charge in [0, 0.05) is 4.47 Å². The minimum absolute atomic E-state index is 0.0581. The van der Waals surface area contributed by atoms with Gasteiger partial charge in [-0.15, -0.1) is 0 Å².